The third-order valence-electron chi connectivity index (χ3n) is 10.7. The van der Waals surface area contributed by atoms with Crippen molar-refractivity contribution < 1.29 is 28.6 Å². The number of hydrogen-bond acceptors (Lipinski definition) is 6. The third kappa shape index (κ3) is 49.2. The Morgan fingerprint density at radius 2 is 0.698 bits per heavy atom. The van der Waals surface area contributed by atoms with Gasteiger partial charge in [0.1, 0.15) is 13.2 Å². The van der Waals surface area contributed by atoms with E-state index in [0.29, 0.717) is 19.3 Å². The largest absolute Gasteiger partial charge is 0.462 e. The van der Waals surface area contributed by atoms with Gasteiger partial charge in [-0.05, 0) is 89.9 Å². The van der Waals surface area contributed by atoms with Crippen LogP contribution in [0, 0.1) is 0 Å². The van der Waals surface area contributed by atoms with E-state index in [9.17, 15) is 14.4 Å². The Labute approximate surface area is 387 Å². The summed E-state index contributed by atoms with van der Waals surface area (Å²) in [6, 6.07) is 0. The molecule has 0 radical (unpaired) electrons. The summed E-state index contributed by atoms with van der Waals surface area (Å²) in [7, 11) is 0. The van der Waals surface area contributed by atoms with Gasteiger partial charge in [0.2, 0.25) is 0 Å². The van der Waals surface area contributed by atoms with E-state index < -0.39 is 6.10 Å². The molecule has 0 aromatic rings. The summed E-state index contributed by atoms with van der Waals surface area (Å²) in [5.74, 6) is -0.999. The number of carbonyl (C=O) groups excluding carboxylic acids is 3. The molecule has 0 bridgehead atoms. The van der Waals surface area contributed by atoms with Crippen molar-refractivity contribution in [2.75, 3.05) is 13.2 Å². The Kier molecular flexibility index (Phi) is 48.0. The second-order valence-electron chi connectivity index (χ2n) is 16.8. The van der Waals surface area contributed by atoms with E-state index >= 15 is 0 Å². The van der Waals surface area contributed by atoms with Crippen LogP contribution in [-0.2, 0) is 28.6 Å². The minimum absolute atomic E-state index is 0.107. The van der Waals surface area contributed by atoms with Gasteiger partial charge in [0, 0.05) is 19.3 Å². The quantitative estimate of drug-likeness (QED) is 0.0199. The third-order valence-corrected chi connectivity index (χ3v) is 10.7. The van der Waals surface area contributed by atoms with E-state index in [4.69, 9.17) is 14.2 Å². The Hall–Kier alpha value is -3.67. The van der Waals surface area contributed by atoms with Gasteiger partial charge in [-0.2, -0.15) is 0 Å². The number of carbonyl (C=O) groups is 3. The van der Waals surface area contributed by atoms with Crippen molar-refractivity contribution in [3.05, 3.63) is 97.2 Å². The van der Waals surface area contributed by atoms with Crippen LogP contribution < -0.4 is 0 Å². The van der Waals surface area contributed by atoms with Crippen LogP contribution in [0.25, 0.3) is 0 Å². The predicted molar refractivity (Wildman–Crippen MR) is 270 cm³/mol. The molecule has 63 heavy (non-hydrogen) atoms. The summed E-state index contributed by atoms with van der Waals surface area (Å²) >= 11 is 0. The van der Waals surface area contributed by atoms with Crippen molar-refractivity contribution in [2.24, 2.45) is 0 Å². The van der Waals surface area contributed by atoms with Crippen molar-refractivity contribution in [3.63, 3.8) is 0 Å². The number of ether oxygens (including phenoxy) is 3. The first-order valence-electron chi connectivity index (χ1n) is 25.8. The first kappa shape index (κ1) is 59.3. The monoisotopic (exact) mass is 875 g/mol. The molecule has 0 aliphatic rings. The molecule has 0 amide bonds. The Morgan fingerprint density at radius 1 is 0.349 bits per heavy atom. The van der Waals surface area contributed by atoms with Crippen LogP contribution in [0.3, 0.4) is 0 Å². The second kappa shape index (κ2) is 51.0. The van der Waals surface area contributed by atoms with Gasteiger partial charge in [-0.15, -0.1) is 0 Å². The molecule has 1 atom stereocenters. The van der Waals surface area contributed by atoms with Gasteiger partial charge >= 0.3 is 17.9 Å². The van der Waals surface area contributed by atoms with Crippen LogP contribution in [0.4, 0.5) is 0 Å². The Bertz CT molecular complexity index is 1280. The van der Waals surface area contributed by atoms with E-state index in [2.05, 4.69) is 63.3 Å². The molecule has 0 saturated heterocycles. The molecule has 6 nitrogen and oxygen atoms in total. The molecule has 358 valence electrons. The van der Waals surface area contributed by atoms with Gasteiger partial charge in [-0.25, -0.2) is 0 Å². The number of esters is 3. The molecule has 0 fully saturated rings. The summed E-state index contributed by atoms with van der Waals surface area (Å²) in [6.07, 6.45) is 66.8. The predicted octanol–water partition coefficient (Wildman–Crippen LogP) is 17.0. The molecule has 0 saturated carbocycles. The first-order chi connectivity index (χ1) is 31.0. The number of allylic oxidation sites excluding steroid dienone is 16. The van der Waals surface area contributed by atoms with Gasteiger partial charge in [0.05, 0.1) is 0 Å². The lowest BCUT2D eigenvalue weighted by atomic mass is 10.1. The van der Waals surface area contributed by atoms with E-state index in [1.54, 1.807) is 0 Å². The lowest BCUT2D eigenvalue weighted by Gasteiger charge is -2.18. The molecule has 6 heteroatoms. The molecule has 0 aromatic heterocycles. The van der Waals surface area contributed by atoms with Crippen molar-refractivity contribution in [1.82, 2.24) is 0 Å². The van der Waals surface area contributed by atoms with Gasteiger partial charge in [-0.1, -0.05) is 214 Å². The highest BCUT2D eigenvalue weighted by Gasteiger charge is 2.19. The average molecular weight is 875 g/mol. The molecule has 0 aromatic carbocycles. The molecule has 0 aliphatic heterocycles. The van der Waals surface area contributed by atoms with Crippen molar-refractivity contribution in [3.8, 4) is 0 Å². The van der Waals surface area contributed by atoms with Crippen LogP contribution >= 0.6 is 0 Å². The minimum Gasteiger partial charge on any atom is -0.462 e. The number of hydrogen-bond donors (Lipinski definition) is 0. The topological polar surface area (TPSA) is 78.9 Å². The molecule has 0 spiro atoms. The maximum absolute atomic E-state index is 12.8. The molecule has 1 unspecified atom stereocenters. The molecule has 0 aliphatic carbocycles. The van der Waals surface area contributed by atoms with Crippen LogP contribution in [0.1, 0.15) is 226 Å². The number of rotatable bonds is 45. The zero-order valence-corrected chi connectivity index (χ0v) is 40.8. The van der Waals surface area contributed by atoms with Gasteiger partial charge in [-0.3, -0.25) is 14.4 Å². The fourth-order valence-electron chi connectivity index (χ4n) is 6.79. The zero-order valence-electron chi connectivity index (χ0n) is 40.8. The highest BCUT2D eigenvalue weighted by molar-refractivity contribution is 5.71. The van der Waals surface area contributed by atoms with Crippen LogP contribution in [-0.4, -0.2) is 37.2 Å². The number of unbranched alkanes of at least 4 members (excludes halogenated alkanes) is 22. The zero-order chi connectivity index (χ0) is 45.8. The fraction of sp³-hybridized carbons (Fsp3) is 0.667. The summed E-state index contributed by atoms with van der Waals surface area (Å²) in [4.78, 5) is 37.9. The van der Waals surface area contributed by atoms with Crippen molar-refractivity contribution in [1.29, 1.82) is 0 Å². The van der Waals surface area contributed by atoms with E-state index in [-0.39, 0.29) is 37.5 Å². The average Bonchev–Trinajstić information content (AvgIpc) is 3.28. The smallest absolute Gasteiger partial charge is 0.306 e. The molecule has 0 heterocycles. The molecular weight excluding hydrogens is 781 g/mol. The Morgan fingerprint density at radius 3 is 1.19 bits per heavy atom. The lowest BCUT2D eigenvalue weighted by Crippen LogP contribution is -2.30. The summed E-state index contributed by atoms with van der Waals surface area (Å²) in [5.41, 5.74) is 0. The van der Waals surface area contributed by atoms with E-state index in [1.807, 2.05) is 54.7 Å². The highest BCUT2D eigenvalue weighted by atomic mass is 16.6. The van der Waals surface area contributed by atoms with Gasteiger partial charge < -0.3 is 14.2 Å². The molecule has 0 rings (SSSR count). The summed E-state index contributed by atoms with van der Waals surface area (Å²) in [5, 5.41) is 0. The van der Waals surface area contributed by atoms with E-state index in [0.717, 1.165) is 64.2 Å². The van der Waals surface area contributed by atoms with Gasteiger partial charge in [0.15, 0.2) is 6.10 Å². The maximum Gasteiger partial charge on any atom is 0.306 e. The Balaban J connectivity index is 4.49. The van der Waals surface area contributed by atoms with Crippen molar-refractivity contribution >= 4 is 17.9 Å². The van der Waals surface area contributed by atoms with Crippen LogP contribution in [0.2, 0.25) is 0 Å². The molecular formula is C57H94O6. The SMILES string of the molecule is CC/C=C/C=C/C=C/C=C/C=C/CCCC(=O)OCC(COC(=O)CCCCCCCCC/C=C/C/C=C/CCCCC)OC(=O)CCCCCCCCC/C=C/CCCCCC. The standard InChI is InChI=1S/C57H94O6/c1-4-7-10-13-16-19-22-25-27-28-30-32-35-38-41-44-47-50-56(59)62-53-54(52-61-55(58)49-46-43-40-37-34-31-24-21-18-15-12-9-6-3)63-57(60)51-48-45-42-39-36-33-29-26-23-20-17-14-11-8-5-2/h9,12,15-16,18-21,23-25,27,31,34,37,40,54H,4-8,10-11,13-14,17,22,26,28-30,32-33,35-36,38-39,41-53H2,1-3H3/b12-9+,18-15+,19-16+,23-20+,24-21+,27-25+,34-31+,40-37+. The van der Waals surface area contributed by atoms with Crippen LogP contribution in [0.5, 0.6) is 0 Å². The maximum atomic E-state index is 12.8. The second-order valence-corrected chi connectivity index (χ2v) is 16.8. The van der Waals surface area contributed by atoms with Crippen LogP contribution in [0.15, 0.2) is 97.2 Å². The minimum atomic E-state index is -0.812. The fourth-order valence-corrected chi connectivity index (χ4v) is 6.79. The lowest BCUT2D eigenvalue weighted by molar-refractivity contribution is -0.167. The summed E-state index contributed by atoms with van der Waals surface area (Å²) < 4.78 is 16.7. The highest BCUT2D eigenvalue weighted by Crippen LogP contribution is 2.14. The molecule has 0 N–H and O–H groups in total. The first-order valence-corrected chi connectivity index (χ1v) is 25.8. The van der Waals surface area contributed by atoms with Gasteiger partial charge in [0.25, 0.3) is 0 Å². The normalized spacial score (nSPS) is 12.9. The summed E-state index contributed by atoms with van der Waals surface area (Å²) in [6.45, 7) is 6.37. The van der Waals surface area contributed by atoms with Crippen molar-refractivity contribution in [2.45, 2.75) is 232 Å². The van der Waals surface area contributed by atoms with E-state index in [1.165, 1.54) is 116 Å².